The maximum Gasteiger partial charge on any atom is 0.408 e. The monoisotopic (exact) mass is 372 g/mol. The van der Waals surface area contributed by atoms with Gasteiger partial charge in [-0.15, -0.1) is 0 Å². The number of hydrogen-bond donors (Lipinski definition) is 3. The smallest absolute Gasteiger partial charge is 0.408 e. The molecular formula is C17H20N6O4. The number of anilines is 1. The molecule has 1 fully saturated rings. The first-order valence-corrected chi connectivity index (χ1v) is 8.38. The quantitative estimate of drug-likeness (QED) is 0.688. The number of carbonyl (C=O) groups is 3. The van der Waals surface area contributed by atoms with Gasteiger partial charge in [-0.05, 0) is 17.7 Å². The van der Waals surface area contributed by atoms with Crippen molar-refractivity contribution in [1.29, 1.82) is 0 Å². The maximum absolute atomic E-state index is 12.8. The van der Waals surface area contributed by atoms with Crippen molar-refractivity contribution in [2.75, 3.05) is 25.9 Å². The molecule has 0 saturated carbocycles. The predicted molar refractivity (Wildman–Crippen MR) is 96.6 cm³/mol. The van der Waals surface area contributed by atoms with Gasteiger partial charge in [-0.25, -0.2) is 14.8 Å². The Morgan fingerprint density at radius 2 is 2.11 bits per heavy atom. The second kappa shape index (κ2) is 7.44. The first kappa shape index (κ1) is 18.4. The van der Waals surface area contributed by atoms with Gasteiger partial charge >= 0.3 is 6.09 Å². The molecule has 1 aliphatic rings. The van der Waals surface area contributed by atoms with Gasteiger partial charge in [0, 0.05) is 32.1 Å². The van der Waals surface area contributed by atoms with Crippen molar-refractivity contribution >= 4 is 34.6 Å². The highest BCUT2D eigenvalue weighted by atomic mass is 16.4. The molecule has 0 radical (unpaired) electrons. The van der Waals surface area contributed by atoms with Gasteiger partial charge in [0.05, 0.1) is 11.9 Å². The minimum atomic E-state index is -1.21. The van der Waals surface area contributed by atoms with Crippen LogP contribution in [0.4, 0.5) is 10.6 Å². The van der Waals surface area contributed by atoms with E-state index in [9.17, 15) is 19.5 Å². The van der Waals surface area contributed by atoms with Gasteiger partial charge in [0.15, 0.2) is 0 Å². The number of nitrogens with two attached hydrogens (primary N) is 1. The summed E-state index contributed by atoms with van der Waals surface area (Å²) in [7, 11) is 1.45. The standard InChI is InChI=1S/C17H20N6O4/c1-19-14(24)7-13-16(25)22(4-5-23(13)17(26)27)8-10-2-3-11-12(6-10)20-9-21-15(11)18/h2-3,6,9,13H,4-5,7-8H2,1H3,(H,19,24)(H,26,27)(H2,18,20,21)/t13-/m0/s1. The number of nitrogens with one attached hydrogen (secondary N) is 1. The third-order valence-electron chi connectivity index (χ3n) is 4.59. The van der Waals surface area contributed by atoms with Gasteiger partial charge in [-0.3, -0.25) is 14.5 Å². The zero-order valence-corrected chi connectivity index (χ0v) is 14.8. The minimum absolute atomic E-state index is 0.144. The fourth-order valence-electron chi connectivity index (χ4n) is 3.14. The second-order valence-corrected chi connectivity index (χ2v) is 6.24. The van der Waals surface area contributed by atoms with Crippen LogP contribution in [0.15, 0.2) is 24.5 Å². The van der Waals surface area contributed by atoms with Gasteiger partial charge in [0.2, 0.25) is 11.8 Å². The lowest BCUT2D eigenvalue weighted by molar-refractivity contribution is -0.143. The molecule has 0 bridgehead atoms. The number of nitrogen functional groups attached to an aromatic ring is 1. The molecule has 3 amide bonds. The summed E-state index contributed by atoms with van der Waals surface area (Å²) in [6.45, 7) is 0.682. The number of carboxylic acid groups (broad SMARTS) is 1. The highest BCUT2D eigenvalue weighted by Crippen LogP contribution is 2.21. The average molecular weight is 372 g/mol. The molecule has 3 rings (SSSR count). The molecule has 0 spiro atoms. The summed E-state index contributed by atoms with van der Waals surface area (Å²) in [5.41, 5.74) is 7.31. The van der Waals surface area contributed by atoms with E-state index < -0.39 is 18.0 Å². The first-order chi connectivity index (χ1) is 12.9. The number of amides is 3. The van der Waals surface area contributed by atoms with E-state index in [-0.39, 0.29) is 32.0 Å². The highest BCUT2D eigenvalue weighted by molar-refractivity contribution is 5.92. The molecule has 0 aliphatic carbocycles. The molecule has 1 aromatic carbocycles. The zero-order valence-electron chi connectivity index (χ0n) is 14.8. The summed E-state index contributed by atoms with van der Waals surface area (Å²) in [4.78, 5) is 46.6. The van der Waals surface area contributed by atoms with Gasteiger partial charge in [0.1, 0.15) is 18.2 Å². The van der Waals surface area contributed by atoms with Crippen LogP contribution in [0.5, 0.6) is 0 Å². The number of fused-ring (bicyclic) bond motifs is 1. The Kier molecular flexibility index (Phi) is 5.06. The van der Waals surface area contributed by atoms with Crippen LogP contribution in [0.1, 0.15) is 12.0 Å². The molecule has 1 aromatic heterocycles. The van der Waals surface area contributed by atoms with Crippen molar-refractivity contribution in [1.82, 2.24) is 25.1 Å². The Bertz CT molecular complexity index is 902. The normalized spacial score (nSPS) is 17.2. The zero-order chi connectivity index (χ0) is 19.6. The lowest BCUT2D eigenvalue weighted by Crippen LogP contribution is -2.59. The predicted octanol–water partition coefficient (Wildman–Crippen LogP) is 0.0389. The van der Waals surface area contributed by atoms with Crippen LogP contribution in [0, 0.1) is 0 Å². The summed E-state index contributed by atoms with van der Waals surface area (Å²) in [6.07, 6.45) is -0.0492. The molecule has 10 nitrogen and oxygen atoms in total. The van der Waals surface area contributed by atoms with Crippen LogP contribution in [0.25, 0.3) is 10.9 Å². The summed E-state index contributed by atoms with van der Waals surface area (Å²) in [5.74, 6) is -0.405. The van der Waals surface area contributed by atoms with Crippen molar-refractivity contribution in [3.63, 3.8) is 0 Å². The van der Waals surface area contributed by atoms with Crippen molar-refractivity contribution in [2.45, 2.75) is 19.0 Å². The van der Waals surface area contributed by atoms with Crippen molar-refractivity contribution in [3.8, 4) is 0 Å². The van der Waals surface area contributed by atoms with Crippen molar-refractivity contribution in [3.05, 3.63) is 30.1 Å². The van der Waals surface area contributed by atoms with Gasteiger partial charge in [0.25, 0.3) is 0 Å². The van der Waals surface area contributed by atoms with E-state index in [1.165, 1.54) is 13.4 Å². The average Bonchev–Trinajstić information content (AvgIpc) is 2.64. The van der Waals surface area contributed by atoms with Gasteiger partial charge < -0.3 is 21.1 Å². The number of rotatable bonds is 4. The number of nitrogens with zero attached hydrogens (tertiary/aromatic N) is 4. The largest absolute Gasteiger partial charge is 0.465 e. The van der Waals surface area contributed by atoms with Gasteiger partial charge in [-0.2, -0.15) is 0 Å². The summed E-state index contributed by atoms with van der Waals surface area (Å²) in [6, 6.07) is 4.40. The van der Waals surface area contributed by atoms with Crippen LogP contribution >= 0.6 is 0 Å². The van der Waals surface area contributed by atoms with E-state index in [2.05, 4.69) is 15.3 Å². The van der Waals surface area contributed by atoms with E-state index in [1.54, 1.807) is 11.0 Å². The van der Waals surface area contributed by atoms with Crippen LogP contribution in [0.2, 0.25) is 0 Å². The minimum Gasteiger partial charge on any atom is -0.465 e. The number of benzene rings is 1. The van der Waals surface area contributed by atoms with Crippen LogP contribution < -0.4 is 11.1 Å². The molecule has 1 atom stereocenters. The second-order valence-electron chi connectivity index (χ2n) is 6.24. The molecule has 142 valence electrons. The molecule has 4 N–H and O–H groups in total. The molecular weight excluding hydrogens is 352 g/mol. The molecule has 27 heavy (non-hydrogen) atoms. The Morgan fingerprint density at radius 1 is 1.33 bits per heavy atom. The number of aromatic nitrogens is 2. The molecule has 0 unspecified atom stereocenters. The maximum atomic E-state index is 12.8. The van der Waals surface area contributed by atoms with Crippen molar-refractivity contribution < 1.29 is 19.5 Å². The van der Waals surface area contributed by atoms with E-state index in [1.807, 2.05) is 12.1 Å². The van der Waals surface area contributed by atoms with Crippen molar-refractivity contribution in [2.24, 2.45) is 0 Å². The van der Waals surface area contributed by atoms with E-state index in [0.717, 1.165) is 15.8 Å². The SMILES string of the molecule is CNC(=O)C[C@H]1C(=O)N(Cc2ccc3c(N)ncnc3c2)CCN1C(=O)O. The Labute approximate surface area is 155 Å². The fraction of sp³-hybridized carbons (Fsp3) is 0.353. The Morgan fingerprint density at radius 3 is 2.81 bits per heavy atom. The van der Waals surface area contributed by atoms with E-state index >= 15 is 0 Å². The van der Waals surface area contributed by atoms with Crippen LogP contribution in [-0.4, -0.2) is 69.0 Å². The lowest BCUT2D eigenvalue weighted by Gasteiger charge is -2.39. The third kappa shape index (κ3) is 3.73. The van der Waals surface area contributed by atoms with Gasteiger partial charge in [-0.1, -0.05) is 6.07 Å². The molecule has 1 saturated heterocycles. The van der Waals surface area contributed by atoms with Crippen LogP contribution in [-0.2, 0) is 16.1 Å². The number of hydrogen-bond acceptors (Lipinski definition) is 6. The summed E-state index contributed by atoms with van der Waals surface area (Å²) >= 11 is 0. The van der Waals surface area contributed by atoms with E-state index in [4.69, 9.17) is 5.73 Å². The molecule has 2 heterocycles. The summed E-state index contributed by atoms with van der Waals surface area (Å²) in [5, 5.41) is 12.5. The first-order valence-electron chi connectivity index (χ1n) is 8.38. The molecule has 1 aliphatic heterocycles. The number of piperazine rings is 1. The van der Waals surface area contributed by atoms with Crippen LogP contribution in [0.3, 0.4) is 0 Å². The Hall–Kier alpha value is -3.43. The molecule has 10 heteroatoms. The van der Waals surface area contributed by atoms with E-state index in [0.29, 0.717) is 11.3 Å². The number of carbonyl (C=O) groups excluding carboxylic acids is 2. The summed E-state index contributed by atoms with van der Waals surface area (Å²) < 4.78 is 0. The third-order valence-corrected chi connectivity index (χ3v) is 4.59. The Balaban J connectivity index is 1.81. The topological polar surface area (TPSA) is 142 Å². The molecule has 2 aromatic rings. The highest BCUT2D eigenvalue weighted by Gasteiger charge is 2.38. The lowest BCUT2D eigenvalue weighted by atomic mass is 10.1. The fourth-order valence-corrected chi connectivity index (χ4v) is 3.14.